The Balaban J connectivity index is 0. The molecule has 0 aliphatic rings. The molecule has 0 aromatic heterocycles. The molecule has 0 atom stereocenters. The minimum Gasteiger partial charge on any atom is -0.396 e. The molecular formula is C24H28O6. The first-order chi connectivity index (χ1) is 14.5. The molecule has 2 aromatic carbocycles. The number of carbonyl (C=O) groups excluding carboxylic acids is 4. The quantitative estimate of drug-likeness (QED) is 0.577. The van der Waals surface area contributed by atoms with Crippen molar-refractivity contribution in [1.29, 1.82) is 0 Å². The average molecular weight is 412 g/mol. The average Bonchev–Trinajstić information content (AvgIpc) is 2.73. The summed E-state index contributed by atoms with van der Waals surface area (Å²) < 4.78 is 0. The van der Waals surface area contributed by atoms with Gasteiger partial charge in [0.05, 0.1) is 6.61 Å². The molecule has 0 saturated heterocycles. The SMILES string of the molecule is Cc1ccc(C#CCCO)cc1.Cc1ccc(CCCCO)cc1.O=C=O.O=C=O. The summed E-state index contributed by atoms with van der Waals surface area (Å²) in [6, 6.07) is 16.6. The molecule has 0 spiro atoms. The predicted octanol–water partition coefficient (Wildman–Crippen LogP) is 2.87. The van der Waals surface area contributed by atoms with Crippen LogP contribution in [0.1, 0.15) is 41.5 Å². The van der Waals surface area contributed by atoms with Crippen molar-refractivity contribution in [3.63, 3.8) is 0 Å². The van der Waals surface area contributed by atoms with Gasteiger partial charge in [0.2, 0.25) is 0 Å². The molecule has 30 heavy (non-hydrogen) atoms. The van der Waals surface area contributed by atoms with Crippen LogP contribution in [0.15, 0.2) is 48.5 Å². The summed E-state index contributed by atoms with van der Waals surface area (Å²) in [6.07, 6.45) is 4.13. The summed E-state index contributed by atoms with van der Waals surface area (Å²) in [7, 11) is 0. The van der Waals surface area contributed by atoms with Gasteiger partial charge in [-0.3, -0.25) is 0 Å². The van der Waals surface area contributed by atoms with Gasteiger partial charge in [-0.15, -0.1) is 0 Å². The summed E-state index contributed by atoms with van der Waals surface area (Å²) in [5.74, 6) is 5.83. The summed E-state index contributed by atoms with van der Waals surface area (Å²) in [5, 5.41) is 17.1. The van der Waals surface area contributed by atoms with Crippen molar-refractivity contribution in [3.8, 4) is 11.8 Å². The lowest BCUT2D eigenvalue weighted by Gasteiger charge is -2.00. The van der Waals surface area contributed by atoms with Gasteiger partial charge in [-0.25, -0.2) is 0 Å². The molecule has 0 radical (unpaired) electrons. The third kappa shape index (κ3) is 19.4. The molecular weight excluding hydrogens is 384 g/mol. The van der Waals surface area contributed by atoms with E-state index in [0.717, 1.165) is 24.8 Å². The van der Waals surface area contributed by atoms with E-state index in [1.165, 1.54) is 16.7 Å². The van der Waals surface area contributed by atoms with E-state index >= 15 is 0 Å². The first-order valence-electron chi connectivity index (χ1n) is 9.30. The molecule has 0 aliphatic heterocycles. The Morgan fingerprint density at radius 2 is 1.17 bits per heavy atom. The molecule has 6 nitrogen and oxygen atoms in total. The number of unbranched alkanes of at least 4 members (excludes halogenated alkanes) is 1. The normalized spacial score (nSPS) is 8.13. The molecule has 0 saturated carbocycles. The van der Waals surface area contributed by atoms with Crippen LogP contribution < -0.4 is 0 Å². The van der Waals surface area contributed by atoms with Gasteiger partial charge in [-0.1, -0.05) is 59.4 Å². The van der Waals surface area contributed by atoms with Gasteiger partial charge in [-0.05, 0) is 50.8 Å². The zero-order valence-corrected chi connectivity index (χ0v) is 17.4. The van der Waals surface area contributed by atoms with Gasteiger partial charge < -0.3 is 10.2 Å². The van der Waals surface area contributed by atoms with Crippen molar-refractivity contribution in [2.45, 2.75) is 39.5 Å². The Labute approximate surface area is 177 Å². The van der Waals surface area contributed by atoms with Crippen LogP contribution in [0.2, 0.25) is 0 Å². The number of rotatable bonds is 5. The minimum absolute atomic E-state index is 0.138. The lowest BCUT2D eigenvalue weighted by Crippen LogP contribution is -1.88. The third-order valence-electron chi connectivity index (χ3n) is 3.52. The van der Waals surface area contributed by atoms with Crippen molar-refractivity contribution < 1.29 is 29.4 Å². The number of aliphatic hydroxyl groups is 2. The number of hydrogen-bond donors (Lipinski definition) is 2. The monoisotopic (exact) mass is 412 g/mol. The summed E-state index contributed by atoms with van der Waals surface area (Å²) >= 11 is 0. The fourth-order valence-electron chi connectivity index (χ4n) is 2.05. The van der Waals surface area contributed by atoms with Crippen LogP contribution >= 0.6 is 0 Å². The standard InChI is InChI=1S/C11H16O.C11H12O.2CO2/c2*1-10-5-7-11(8-6-10)4-2-3-9-12;2*2-1-3/h5-8,12H,2-4,9H2,1H3;5-8,12H,3,9H2,1H3;;. The smallest absolute Gasteiger partial charge is 0.373 e. The lowest BCUT2D eigenvalue weighted by atomic mass is 10.1. The van der Waals surface area contributed by atoms with Crippen LogP contribution in [0.5, 0.6) is 0 Å². The van der Waals surface area contributed by atoms with E-state index in [1.54, 1.807) is 0 Å². The molecule has 2 N–H and O–H groups in total. The second-order valence-electron chi connectivity index (χ2n) is 5.97. The van der Waals surface area contributed by atoms with E-state index in [-0.39, 0.29) is 18.9 Å². The van der Waals surface area contributed by atoms with E-state index in [9.17, 15) is 0 Å². The van der Waals surface area contributed by atoms with Crippen LogP contribution in [0.25, 0.3) is 0 Å². The minimum atomic E-state index is 0.138. The van der Waals surface area contributed by atoms with Crippen molar-refractivity contribution in [1.82, 2.24) is 0 Å². The number of aryl methyl sites for hydroxylation is 3. The predicted molar refractivity (Wildman–Crippen MR) is 111 cm³/mol. The fourth-order valence-corrected chi connectivity index (χ4v) is 2.05. The molecule has 2 rings (SSSR count). The Kier molecular flexibility index (Phi) is 21.2. The Morgan fingerprint density at radius 3 is 1.60 bits per heavy atom. The molecule has 6 heteroatoms. The van der Waals surface area contributed by atoms with Crippen LogP contribution in [-0.4, -0.2) is 35.7 Å². The first-order valence-corrected chi connectivity index (χ1v) is 9.30. The highest BCUT2D eigenvalue weighted by Crippen LogP contribution is 2.06. The lowest BCUT2D eigenvalue weighted by molar-refractivity contribution is -0.193. The zero-order valence-electron chi connectivity index (χ0n) is 17.4. The summed E-state index contributed by atoms with van der Waals surface area (Å²) in [4.78, 5) is 32.5. The number of hydrogen-bond acceptors (Lipinski definition) is 6. The molecule has 0 unspecified atom stereocenters. The molecule has 0 fully saturated rings. The third-order valence-corrected chi connectivity index (χ3v) is 3.52. The van der Waals surface area contributed by atoms with Crippen LogP contribution in [-0.2, 0) is 25.6 Å². The van der Waals surface area contributed by atoms with Gasteiger partial charge in [-0.2, -0.15) is 19.2 Å². The van der Waals surface area contributed by atoms with E-state index in [0.29, 0.717) is 13.0 Å². The van der Waals surface area contributed by atoms with Gasteiger partial charge in [0.15, 0.2) is 0 Å². The van der Waals surface area contributed by atoms with Gasteiger partial charge in [0, 0.05) is 18.6 Å². The maximum absolute atomic E-state index is 8.59. The van der Waals surface area contributed by atoms with Crippen LogP contribution in [0.4, 0.5) is 0 Å². The Bertz CT molecular complexity index is 774. The maximum Gasteiger partial charge on any atom is 0.373 e. The molecule has 2 aromatic rings. The van der Waals surface area contributed by atoms with Crippen LogP contribution in [0.3, 0.4) is 0 Å². The maximum atomic E-state index is 8.59. The molecule has 0 bridgehead atoms. The molecule has 0 heterocycles. The first kappa shape index (κ1) is 28.9. The van der Waals surface area contributed by atoms with E-state index in [1.807, 2.05) is 31.2 Å². The second kappa shape index (κ2) is 22.0. The van der Waals surface area contributed by atoms with Crippen molar-refractivity contribution in [2.75, 3.05) is 13.2 Å². The highest BCUT2D eigenvalue weighted by molar-refractivity contribution is 5.35. The highest BCUT2D eigenvalue weighted by Gasteiger charge is 1.91. The number of benzene rings is 2. The number of aliphatic hydroxyl groups excluding tert-OH is 2. The molecule has 160 valence electrons. The van der Waals surface area contributed by atoms with E-state index < -0.39 is 0 Å². The van der Waals surface area contributed by atoms with E-state index in [2.05, 4.69) is 43.0 Å². The molecule has 0 amide bonds. The van der Waals surface area contributed by atoms with Gasteiger partial charge >= 0.3 is 12.3 Å². The Hall–Kier alpha value is -3.32. The van der Waals surface area contributed by atoms with Crippen molar-refractivity contribution in [2.24, 2.45) is 0 Å². The van der Waals surface area contributed by atoms with Gasteiger partial charge in [0.25, 0.3) is 0 Å². The molecule has 0 aliphatic carbocycles. The van der Waals surface area contributed by atoms with E-state index in [4.69, 9.17) is 29.4 Å². The second-order valence-corrected chi connectivity index (χ2v) is 5.97. The largest absolute Gasteiger partial charge is 0.396 e. The highest BCUT2D eigenvalue weighted by atomic mass is 16.3. The van der Waals surface area contributed by atoms with Crippen molar-refractivity contribution >= 4 is 12.3 Å². The Morgan fingerprint density at radius 1 is 0.700 bits per heavy atom. The van der Waals surface area contributed by atoms with Crippen molar-refractivity contribution in [3.05, 3.63) is 70.8 Å². The van der Waals surface area contributed by atoms with Gasteiger partial charge in [0.1, 0.15) is 0 Å². The topological polar surface area (TPSA) is 109 Å². The fraction of sp³-hybridized carbons (Fsp3) is 0.333. The zero-order chi connectivity index (χ0) is 23.0. The summed E-state index contributed by atoms with van der Waals surface area (Å²) in [5.41, 5.74) is 4.92. The summed E-state index contributed by atoms with van der Waals surface area (Å²) in [6.45, 7) is 4.59. The van der Waals surface area contributed by atoms with Crippen LogP contribution in [0, 0.1) is 25.7 Å².